The van der Waals surface area contributed by atoms with Gasteiger partial charge in [0.15, 0.2) is 5.69 Å². The normalized spacial score (nSPS) is 10.9. The molecule has 0 spiro atoms. The maximum Gasteiger partial charge on any atom is 0.199 e. The predicted molar refractivity (Wildman–Crippen MR) is 147 cm³/mol. The molecule has 4 rings (SSSR count). The van der Waals surface area contributed by atoms with E-state index in [9.17, 15) is 0 Å². The third-order valence-electron chi connectivity index (χ3n) is 6.30. The lowest BCUT2D eigenvalue weighted by Crippen LogP contribution is -1.99. The Morgan fingerprint density at radius 1 is 0.771 bits per heavy atom. The largest absolute Gasteiger partial charge is 0.252 e. The molecular formula is C32H33N3. The van der Waals surface area contributed by atoms with Gasteiger partial charge >= 0.3 is 0 Å². The molecule has 0 aliphatic carbocycles. The molecule has 0 N–H and O–H groups in total. The molecule has 176 valence electrons. The fraction of sp³-hybridized carbons (Fsp3) is 0.281. The van der Waals surface area contributed by atoms with Gasteiger partial charge in [-0.25, -0.2) is 9.83 Å². The monoisotopic (exact) mass is 459 g/mol. The summed E-state index contributed by atoms with van der Waals surface area (Å²) in [6.07, 6.45) is 6.09. The molecule has 1 aromatic heterocycles. The zero-order valence-electron chi connectivity index (χ0n) is 21.4. The molecule has 0 aliphatic rings. The van der Waals surface area contributed by atoms with E-state index < -0.39 is 0 Å². The van der Waals surface area contributed by atoms with Crippen LogP contribution in [0.5, 0.6) is 0 Å². The van der Waals surface area contributed by atoms with E-state index in [4.69, 9.17) is 16.5 Å². The summed E-state index contributed by atoms with van der Waals surface area (Å²) in [6.45, 7) is 18.4. The Morgan fingerprint density at radius 3 is 1.94 bits per heavy atom. The smallest absolute Gasteiger partial charge is 0.199 e. The highest BCUT2D eigenvalue weighted by Crippen LogP contribution is 2.37. The lowest BCUT2D eigenvalue weighted by Gasteiger charge is -2.15. The summed E-state index contributed by atoms with van der Waals surface area (Å²) in [4.78, 5) is 14.0. The third kappa shape index (κ3) is 5.33. The van der Waals surface area contributed by atoms with Crippen LogP contribution in [0.25, 0.3) is 38.6 Å². The van der Waals surface area contributed by atoms with Crippen molar-refractivity contribution >= 4 is 5.69 Å². The van der Waals surface area contributed by atoms with E-state index in [-0.39, 0.29) is 0 Å². The third-order valence-corrected chi connectivity index (χ3v) is 6.30. The van der Waals surface area contributed by atoms with Gasteiger partial charge in [-0.3, -0.25) is 4.98 Å². The second kappa shape index (κ2) is 10.7. The van der Waals surface area contributed by atoms with Crippen molar-refractivity contribution in [1.82, 2.24) is 9.97 Å². The molecule has 0 aliphatic heterocycles. The van der Waals surface area contributed by atoms with Gasteiger partial charge < -0.3 is 0 Å². The van der Waals surface area contributed by atoms with Crippen molar-refractivity contribution in [2.24, 2.45) is 0 Å². The van der Waals surface area contributed by atoms with Crippen molar-refractivity contribution in [2.75, 3.05) is 0 Å². The van der Waals surface area contributed by atoms with Gasteiger partial charge in [-0.1, -0.05) is 68.1 Å². The second-order valence-electron chi connectivity index (χ2n) is 9.45. The van der Waals surface area contributed by atoms with Crippen molar-refractivity contribution in [3.05, 3.63) is 100 Å². The van der Waals surface area contributed by atoms with E-state index >= 15 is 0 Å². The van der Waals surface area contributed by atoms with Gasteiger partial charge in [-0.05, 0) is 74.6 Å². The standard InChI is InChI=1S/C32H33N3/c1-7-10-24-14-21(3)16-26(18-24)31-32(27-17-22(4)15-25(19-27)11-8-2)35-29(20-34-31)28-13-9-12-23(5)30(28)33-6/h9,12-20H,7-8,10-11H2,1-5H3. The maximum atomic E-state index is 7.74. The lowest BCUT2D eigenvalue weighted by atomic mass is 9.95. The second-order valence-corrected chi connectivity index (χ2v) is 9.45. The van der Waals surface area contributed by atoms with Gasteiger partial charge in [-0.15, -0.1) is 0 Å². The van der Waals surface area contributed by atoms with Gasteiger partial charge in [0.2, 0.25) is 0 Å². The molecule has 3 aromatic carbocycles. The average Bonchev–Trinajstić information content (AvgIpc) is 2.83. The van der Waals surface area contributed by atoms with Gasteiger partial charge in [0.25, 0.3) is 0 Å². The topological polar surface area (TPSA) is 30.1 Å². The zero-order valence-corrected chi connectivity index (χ0v) is 21.4. The molecule has 0 radical (unpaired) electrons. The number of aromatic nitrogens is 2. The summed E-state index contributed by atoms with van der Waals surface area (Å²) in [7, 11) is 0. The fourth-order valence-corrected chi connectivity index (χ4v) is 4.81. The Hall–Kier alpha value is -3.77. The number of hydrogen-bond acceptors (Lipinski definition) is 2. The van der Waals surface area contributed by atoms with Crippen LogP contribution in [0.3, 0.4) is 0 Å². The first-order valence-corrected chi connectivity index (χ1v) is 12.5. The first-order valence-electron chi connectivity index (χ1n) is 12.5. The molecule has 3 heteroatoms. The van der Waals surface area contributed by atoms with Crippen LogP contribution >= 0.6 is 0 Å². The number of para-hydroxylation sites is 1. The summed E-state index contributed by atoms with van der Waals surface area (Å²) in [5.74, 6) is 0. The van der Waals surface area contributed by atoms with Crippen LogP contribution in [0, 0.1) is 27.3 Å². The van der Waals surface area contributed by atoms with Crippen LogP contribution in [0.15, 0.2) is 60.8 Å². The predicted octanol–water partition coefficient (Wildman–Crippen LogP) is 8.86. The van der Waals surface area contributed by atoms with E-state index in [2.05, 4.69) is 68.9 Å². The Kier molecular flexibility index (Phi) is 7.42. The van der Waals surface area contributed by atoms with Crippen molar-refractivity contribution in [3.8, 4) is 33.8 Å². The molecule has 0 fully saturated rings. The molecule has 0 bridgehead atoms. The van der Waals surface area contributed by atoms with Crippen molar-refractivity contribution in [2.45, 2.75) is 60.3 Å². The highest BCUT2D eigenvalue weighted by molar-refractivity contribution is 5.84. The van der Waals surface area contributed by atoms with E-state index in [1.807, 2.05) is 31.3 Å². The first kappa shape index (κ1) is 24.4. The molecule has 1 heterocycles. The highest BCUT2D eigenvalue weighted by atomic mass is 14.8. The summed E-state index contributed by atoms with van der Waals surface area (Å²) < 4.78 is 0. The molecule has 0 unspecified atom stereocenters. The Balaban J connectivity index is 1.99. The number of nitrogens with zero attached hydrogens (tertiary/aromatic N) is 3. The first-order chi connectivity index (χ1) is 16.9. The number of aryl methyl sites for hydroxylation is 5. The molecular weight excluding hydrogens is 426 g/mol. The summed E-state index contributed by atoms with van der Waals surface area (Å²) in [5.41, 5.74) is 12.2. The van der Waals surface area contributed by atoms with Crippen molar-refractivity contribution < 1.29 is 0 Å². The van der Waals surface area contributed by atoms with Crippen LogP contribution in [-0.2, 0) is 12.8 Å². The number of benzene rings is 3. The highest BCUT2D eigenvalue weighted by Gasteiger charge is 2.17. The average molecular weight is 460 g/mol. The van der Waals surface area contributed by atoms with Crippen LogP contribution in [-0.4, -0.2) is 9.97 Å². The van der Waals surface area contributed by atoms with Gasteiger partial charge in [-0.2, -0.15) is 0 Å². The fourth-order valence-electron chi connectivity index (χ4n) is 4.81. The van der Waals surface area contributed by atoms with Crippen molar-refractivity contribution in [1.29, 1.82) is 0 Å². The Labute approximate surface area is 209 Å². The molecule has 4 aromatic rings. The lowest BCUT2D eigenvalue weighted by molar-refractivity contribution is 0.920. The minimum Gasteiger partial charge on any atom is -0.252 e. The number of hydrogen-bond donors (Lipinski definition) is 0. The molecule has 0 amide bonds. The Morgan fingerprint density at radius 2 is 1.37 bits per heavy atom. The van der Waals surface area contributed by atoms with Gasteiger partial charge in [0, 0.05) is 16.7 Å². The van der Waals surface area contributed by atoms with Crippen LogP contribution in [0.2, 0.25) is 0 Å². The number of rotatable bonds is 7. The van der Waals surface area contributed by atoms with Crippen LogP contribution in [0.1, 0.15) is 54.5 Å². The minimum atomic E-state index is 0.636. The van der Waals surface area contributed by atoms with E-state index in [1.165, 1.54) is 22.3 Å². The summed E-state index contributed by atoms with van der Waals surface area (Å²) >= 11 is 0. The molecule has 0 atom stereocenters. The van der Waals surface area contributed by atoms with Gasteiger partial charge in [0.05, 0.1) is 29.9 Å². The molecule has 3 nitrogen and oxygen atoms in total. The Bertz CT molecular complexity index is 1410. The van der Waals surface area contributed by atoms with Crippen LogP contribution < -0.4 is 0 Å². The minimum absolute atomic E-state index is 0.636. The molecule has 0 saturated carbocycles. The van der Waals surface area contributed by atoms with Gasteiger partial charge in [0.1, 0.15) is 0 Å². The van der Waals surface area contributed by atoms with E-state index in [0.717, 1.165) is 65.0 Å². The SMILES string of the molecule is [C-]#[N+]c1c(C)cccc1-c1cnc(-c2cc(C)cc(CCC)c2)c(-c2cc(C)cc(CCC)c2)n1. The maximum absolute atomic E-state index is 7.74. The quantitative estimate of drug-likeness (QED) is 0.258. The van der Waals surface area contributed by atoms with Crippen molar-refractivity contribution in [3.63, 3.8) is 0 Å². The van der Waals surface area contributed by atoms with Crippen LogP contribution in [0.4, 0.5) is 5.69 Å². The zero-order chi connectivity index (χ0) is 24.9. The van der Waals surface area contributed by atoms with E-state index in [1.54, 1.807) is 0 Å². The molecule has 35 heavy (non-hydrogen) atoms. The summed E-state index contributed by atoms with van der Waals surface area (Å²) in [5, 5.41) is 0. The van der Waals surface area contributed by atoms with E-state index in [0.29, 0.717) is 5.69 Å². The molecule has 0 saturated heterocycles. The summed E-state index contributed by atoms with van der Waals surface area (Å²) in [6, 6.07) is 19.3.